The fraction of sp³-hybridized carbons (Fsp3) is 0.375. The molecule has 0 aromatic heterocycles. The van der Waals surface area contributed by atoms with Gasteiger partial charge in [-0.05, 0) is 35.0 Å². The lowest BCUT2D eigenvalue weighted by atomic mass is 10.0. The van der Waals surface area contributed by atoms with E-state index in [0.29, 0.717) is 0 Å². The summed E-state index contributed by atoms with van der Waals surface area (Å²) in [5, 5.41) is 3.69. The molecule has 2 heterocycles. The van der Waals surface area contributed by atoms with Gasteiger partial charge in [0, 0.05) is 10.8 Å². The molecule has 0 amide bonds. The third-order valence-electron chi connectivity index (χ3n) is 4.77. The Balaban J connectivity index is 1.87. The molecule has 0 N–H and O–H groups in total. The van der Waals surface area contributed by atoms with Crippen molar-refractivity contribution in [3.63, 3.8) is 0 Å². The molecule has 0 bridgehead atoms. The Morgan fingerprint density at radius 3 is 2.83 bits per heavy atom. The summed E-state index contributed by atoms with van der Waals surface area (Å²) in [5.74, 6) is 0.739. The van der Waals surface area contributed by atoms with Crippen LogP contribution in [0.2, 0.25) is 13.1 Å². The standard InChI is InChI=1S/C16H18SSi/c1-4-12-16-14-13(17-12)9-11(10-7-5-6-8-10)15(14)18(16,2)3/h5-7,9,14H,4,8H2,1-3H3. The van der Waals surface area contributed by atoms with Gasteiger partial charge in [-0.15, -0.1) is 0 Å². The average molecular weight is 270 g/mol. The van der Waals surface area contributed by atoms with Gasteiger partial charge >= 0.3 is 0 Å². The Morgan fingerprint density at radius 1 is 1.33 bits per heavy atom. The van der Waals surface area contributed by atoms with Gasteiger partial charge in [0.1, 0.15) is 8.07 Å². The first-order valence-electron chi connectivity index (χ1n) is 6.88. The zero-order valence-corrected chi connectivity index (χ0v) is 13.0. The highest BCUT2D eigenvalue weighted by Gasteiger charge is 2.58. The van der Waals surface area contributed by atoms with Crippen molar-refractivity contribution in [1.29, 1.82) is 0 Å². The average Bonchev–Trinajstić information content (AvgIpc) is 2.99. The minimum absolute atomic E-state index is 0.739. The van der Waals surface area contributed by atoms with E-state index in [1.54, 1.807) is 21.0 Å². The fourth-order valence-electron chi connectivity index (χ4n) is 3.98. The van der Waals surface area contributed by atoms with Crippen LogP contribution in [0.15, 0.2) is 55.7 Å². The Hall–Kier alpha value is -0.733. The molecule has 2 aliphatic carbocycles. The normalized spacial score (nSPS) is 30.7. The smallest absolute Gasteiger partial charge is 0.0984 e. The van der Waals surface area contributed by atoms with Gasteiger partial charge in [-0.1, -0.05) is 60.4 Å². The van der Waals surface area contributed by atoms with Crippen LogP contribution in [-0.4, -0.2) is 8.07 Å². The number of rotatable bonds is 2. The highest BCUT2D eigenvalue weighted by atomic mass is 32.2. The van der Waals surface area contributed by atoms with Gasteiger partial charge in [-0.3, -0.25) is 0 Å². The largest absolute Gasteiger partial charge is 0.107 e. The van der Waals surface area contributed by atoms with Crippen molar-refractivity contribution in [1.82, 2.24) is 0 Å². The van der Waals surface area contributed by atoms with Gasteiger partial charge in [-0.2, -0.15) is 0 Å². The second kappa shape index (κ2) is 3.43. The van der Waals surface area contributed by atoms with Crippen LogP contribution in [0, 0.1) is 5.92 Å². The molecule has 2 heteroatoms. The Labute approximate surface area is 114 Å². The molecule has 4 rings (SSSR count). The molecule has 0 spiro atoms. The predicted molar refractivity (Wildman–Crippen MR) is 82.8 cm³/mol. The maximum atomic E-state index is 2.55. The minimum atomic E-state index is -1.27. The molecule has 0 radical (unpaired) electrons. The summed E-state index contributed by atoms with van der Waals surface area (Å²) in [4.78, 5) is 3.33. The summed E-state index contributed by atoms with van der Waals surface area (Å²) < 4.78 is 0. The molecule has 1 atom stereocenters. The van der Waals surface area contributed by atoms with E-state index in [0.717, 1.165) is 12.3 Å². The molecular weight excluding hydrogens is 252 g/mol. The van der Waals surface area contributed by atoms with E-state index in [1.807, 2.05) is 10.4 Å². The van der Waals surface area contributed by atoms with Crippen molar-refractivity contribution in [2.24, 2.45) is 5.92 Å². The third-order valence-corrected chi connectivity index (χ3v) is 10.1. The van der Waals surface area contributed by atoms with Crippen LogP contribution in [0.25, 0.3) is 0 Å². The Morgan fingerprint density at radius 2 is 2.17 bits per heavy atom. The van der Waals surface area contributed by atoms with E-state index in [2.05, 4.69) is 56.1 Å². The van der Waals surface area contributed by atoms with E-state index in [1.165, 1.54) is 6.42 Å². The van der Waals surface area contributed by atoms with E-state index in [-0.39, 0.29) is 0 Å². The number of thioether (sulfide) groups is 1. The van der Waals surface area contributed by atoms with Crippen LogP contribution in [0.1, 0.15) is 19.8 Å². The maximum absolute atomic E-state index is 2.55. The topological polar surface area (TPSA) is 0 Å². The zero-order valence-electron chi connectivity index (χ0n) is 11.2. The molecule has 92 valence electrons. The van der Waals surface area contributed by atoms with Crippen molar-refractivity contribution < 1.29 is 0 Å². The molecular formula is C16H18SSi. The molecule has 4 aliphatic rings. The molecule has 2 aliphatic heterocycles. The van der Waals surface area contributed by atoms with Gasteiger partial charge in [-0.25, -0.2) is 0 Å². The quantitative estimate of drug-likeness (QED) is 0.643. The zero-order chi connectivity index (χ0) is 12.5. The first kappa shape index (κ1) is 11.1. The highest BCUT2D eigenvalue weighted by molar-refractivity contribution is 8.07. The predicted octanol–water partition coefficient (Wildman–Crippen LogP) is 4.89. The molecule has 0 saturated carbocycles. The highest BCUT2D eigenvalue weighted by Crippen LogP contribution is 2.66. The van der Waals surface area contributed by atoms with E-state index < -0.39 is 8.07 Å². The maximum Gasteiger partial charge on any atom is 0.107 e. The summed E-state index contributed by atoms with van der Waals surface area (Å²) in [6.45, 7) is 7.41. The number of hydrogen-bond acceptors (Lipinski definition) is 1. The molecule has 1 fully saturated rings. The van der Waals surface area contributed by atoms with Crippen LogP contribution < -0.4 is 0 Å². The lowest BCUT2D eigenvalue weighted by molar-refractivity contribution is 0.915. The lowest BCUT2D eigenvalue weighted by Crippen LogP contribution is -2.49. The van der Waals surface area contributed by atoms with Gasteiger partial charge in [0.15, 0.2) is 0 Å². The van der Waals surface area contributed by atoms with Crippen molar-refractivity contribution in [3.05, 3.63) is 55.7 Å². The van der Waals surface area contributed by atoms with E-state index in [9.17, 15) is 0 Å². The monoisotopic (exact) mass is 270 g/mol. The molecule has 1 saturated heterocycles. The summed E-state index contributed by atoms with van der Waals surface area (Å²) in [7, 11) is -1.27. The third kappa shape index (κ3) is 1.14. The molecule has 18 heavy (non-hydrogen) atoms. The van der Waals surface area contributed by atoms with Crippen LogP contribution in [0.4, 0.5) is 0 Å². The van der Waals surface area contributed by atoms with Gasteiger partial charge in [0.2, 0.25) is 0 Å². The van der Waals surface area contributed by atoms with Crippen molar-refractivity contribution in [3.8, 4) is 0 Å². The van der Waals surface area contributed by atoms with E-state index in [4.69, 9.17) is 0 Å². The SMILES string of the molecule is CCC1=C2C3C(=CC(C4=CC=CC4)=C3[Si]2(C)C)S1. The molecule has 1 unspecified atom stereocenters. The summed E-state index contributed by atoms with van der Waals surface area (Å²) in [6.07, 6.45) is 11.7. The van der Waals surface area contributed by atoms with Crippen molar-refractivity contribution in [2.45, 2.75) is 32.9 Å². The molecule has 0 nitrogen and oxygen atoms in total. The summed E-state index contributed by atoms with van der Waals surface area (Å²) in [5.41, 5.74) is 3.17. The van der Waals surface area contributed by atoms with Gasteiger partial charge in [0.25, 0.3) is 0 Å². The number of allylic oxidation sites excluding steroid dienone is 10. The van der Waals surface area contributed by atoms with Crippen molar-refractivity contribution >= 4 is 19.8 Å². The van der Waals surface area contributed by atoms with E-state index >= 15 is 0 Å². The Kier molecular flexibility index (Phi) is 2.12. The lowest BCUT2D eigenvalue weighted by Gasteiger charge is -2.45. The minimum Gasteiger partial charge on any atom is -0.0984 e. The first-order valence-corrected chi connectivity index (χ1v) is 10.7. The van der Waals surface area contributed by atoms with Crippen LogP contribution in [0.5, 0.6) is 0 Å². The van der Waals surface area contributed by atoms with Crippen molar-refractivity contribution in [2.75, 3.05) is 0 Å². The molecule has 0 aromatic rings. The number of hydrogen-bond donors (Lipinski definition) is 0. The fourth-order valence-corrected chi connectivity index (χ4v) is 10.2. The van der Waals surface area contributed by atoms with Crippen LogP contribution in [-0.2, 0) is 0 Å². The second-order valence-corrected chi connectivity index (χ2v) is 11.5. The van der Waals surface area contributed by atoms with Crippen LogP contribution >= 0.6 is 11.8 Å². The first-order chi connectivity index (χ1) is 8.64. The van der Waals surface area contributed by atoms with Gasteiger partial charge < -0.3 is 0 Å². The Bertz CT molecular complexity index is 611. The van der Waals surface area contributed by atoms with Gasteiger partial charge in [0.05, 0.1) is 0 Å². The van der Waals surface area contributed by atoms with Crippen LogP contribution in [0.3, 0.4) is 0 Å². The molecule has 0 aromatic carbocycles. The summed E-state index contributed by atoms with van der Waals surface area (Å²) >= 11 is 2.08. The second-order valence-electron chi connectivity index (χ2n) is 6.05. The summed E-state index contributed by atoms with van der Waals surface area (Å²) in [6, 6.07) is 0.